The van der Waals surface area contributed by atoms with Gasteiger partial charge in [-0.05, 0) is 12.8 Å². The van der Waals surface area contributed by atoms with E-state index >= 15 is 0 Å². The lowest BCUT2D eigenvalue weighted by Crippen LogP contribution is -2.22. The predicted octanol–water partition coefficient (Wildman–Crippen LogP) is 2.49. The first kappa shape index (κ1) is 15.9. The summed E-state index contributed by atoms with van der Waals surface area (Å²) in [6, 6.07) is 9.39. The fraction of sp³-hybridized carbons (Fsp3) is 0.353. The summed E-state index contributed by atoms with van der Waals surface area (Å²) in [6.45, 7) is 6.00. The van der Waals surface area contributed by atoms with Crippen molar-refractivity contribution in [3.63, 3.8) is 0 Å². The minimum Gasteiger partial charge on any atom is -0.465 e. The Balaban J connectivity index is 2.21. The smallest absolute Gasteiger partial charge is 0.310 e. The van der Waals surface area contributed by atoms with Crippen molar-refractivity contribution in [3.05, 3.63) is 51.9 Å². The van der Waals surface area contributed by atoms with Gasteiger partial charge in [0.25, 0.3) is 5.56 Å². The van der Waals surface area contributed by atoms with Crippen LogP contribution in [0.3, 0.4) is 0 Å². The second-order valence-corrected chi connectivity index (χ2v) is 5.60. The van der Waals surface area contributed by atoms with Crippen molar-refractivity contribution < 1.29 is 9.53 Å². The number of aromatic amines is 1. The van der Waals surface area contributed by atoms with Crippen molar-refractivity contribution >= 4 is 5.97 Å². The van der Waals surface area contributed by atoms with Crippen LogP contribution >= 0.6 is 0 Å². The number of aromatic nitrogens is 2. The predicted molar refractivity (Wildman–Crippen MR) is 84.5 cm³/mol. The maximum absolute atomic E-state index is 12.2. The van der Waals surface area contributed by atoms with E-state index in [0.717, 1.165) is 5.56 Å². The molecule has 2 rings (SSSR count). The SMILES string of the molecule is Cc1nc(-c2ccccc2)[nH]c(=O)c1CC(=O)OCC(C)C. The second kappa shape index (κ2) is 7.02. The van der Waals surface area contributed by atoms with Gasteiger partial charge >= 0.3 is 5.97 Å². The first-order valence-electron chi connectivity index (χ1n) is 7.28. The van der Waals surface area contributed by atoms with Gasteiger partial charge in [-0.1, -0.05) is 44.2 Å². The molecule has 22 heavy (non-hydrogen) atoms. The van der Waals surface area contributed by atoms with Crippen LogP contribution in [-0.4, -0.2) is 22.5 Å². The molecule has 0 aliphatic heterocycles. The topological polar surface area (TPSA) is 72.0 Å². The van der Waals surface area contributed by atoms with Crippen LogP contribution in [0.5, 0.6) is 0 Å². The molecule has 0 spiro atoms. The number of carbonyl (C=O) groups excluding carboxylic acids is 1. The molecule has 1 aromatic carbocycles. The van der Waals surface area contributed by atoms with E-state index < -0.39 is 5.97 Å². The summed E-state index contributed by atoms with van der Waals surface area (Å²) in [4.78, 5) is 31.1. The maximum Gasteiger partial charge on any atom is 0.310 e. The van der Waals surface area contributed by atoms with Gasteiger partial charge in [-0.3, -0.25) is 9.59 Å². The van der Waals surface area contributed by atoms with Crippen molar-refractivity contribution in [1.29, 1.82) is 0 Å². The molecular formula is C17H20N2O3. The molecule has 5 heteroatoms. The minimum atomic E-state index is -0.406. The summed E-state index contributed by atoms with van der Waals surface area (Å²) in [5, 5.41) is 0. The quantitative estimate of drug-likeness (QED) is 0.861. The summed E-state index contributed by atoms with van der Waals surface area (Å²) in [5.74, 6) is 0.362. The molecule has 2 aromatic rings. The van der Waals surface area contributed by atoms with Gasteiger partial charge < -0.3 is 9.72 Å². The molecule has 0 atom stereocenters. The van der Waals surface area contributed by atoms with Crippen LogP contribution in [0.4, 0.5) is 0 Å². The Morgan fingerprint density at radius 2 is 1.95 bits per heavy atom. The third-order valence-electron chi connectivity index (χ3n) is 3.17. The molecule has 0 bridgehead atoms. The van der Waals surface area contributed by atoms with Gasteiger partial charge in [0.2, 0.25) is 0 Å². The molecule has 0 aliphatic rings. The number of benzene rings is 1. The van der Waals surface area contributed by atoms with Gasteiger partial charge in [-0.15, -0.1) is 0 Å². The van der Waals surface area contributed by atoms with Gasteiger partial charge in [0.05, 0.1) is 13.0 Å². The highest BCUT2D eigenvalue weighted by Crippen LogP contribution is 2.14. The van der Waals surface area contributed by atoms with Gasteiger partial charge in [0, 0.05) is 16.8 Å². The van der Waals surface area contributed by atoms with Crippen molar-refractivity contribution in [3.8, 4) is 11.4 Å². The summed E-state index contributed by atoms with van der Waals surface area (Å²) >= 11 is 0. The first-order chi connectivity index (χ1) is 10.5. The average Bonchev–Trinajstić information content (AvgIpc) is 2.49. The molecule has 0 saturated heterocycles. The Morgan fingerprint density at radius 1 is 1.27 bits per heavy atom. The van der Waals surface area contributed by atoms with Crippen LogP contribution in [-0.2, 0) is 16.0 Å². The van der Waals surface area contributed by atoms with Crippen LogP contribution in [0, 0.1) is 12.8 Å². The molecule has 0 fully saturated rings. The fourth-order valence-corrected chi connectivity index (χ4v) is 2.01. The van der Waals surface area contributed by atoms with E-state index in [9.17, 15) is 9.59 Å². The molecule has 0 saturated carbocycles. The standard InChI is InChI=1S/C17H20N2O3/c1-11(2)10-22-15(20)9-14-12(3)18-16(19-17(14)21)13-7-5-4-6-8-13/h4-8,11H,9-10H2,1-3H3,(H,18,19,21). The first-order valence-corrected chi connectivity index (χ1v) is 7.28. The number of hydrogen-bond donors (Lipinski definition) is 1. The molecule has 1 N–H and O–H groups in total. The van der Waals surface area contributed by atoms with Crippen LogP contribution in [0.1, 0.15) is 25.1 Å². The molecule has 5 nitrogen and oxygen atoms in total. The molecule has 0 amide bonds. The van der Waals surface area contributed by atoms with Crippen molar-refractivity contribution in [1.82, 2.24) is 9.97 Å². The molecule has 116 valence electrons. The molecule has 0 aliphatic carbocycles. The summed E-state index contributed by atoms with van der Waals surface area (Å²) in [5.41, 5.74) is 1.43. The Morgan fingerprint density at radius 3 is 2.55 bits per heavy atom. The number of rotatable bonds is 5. The minimum absolute atomic E-state index is 0.0596. The normalized spacial score (nSPS) is 10.7. The zero-order chi connectivity index (χ0) is 16.1. The largest absolute Gasteiger partial charge is 0.465 e. The number of nitrogens with one attached hydrogen (secondary N) is 1. The number of carbonyl (C=O) groups is 1. The lowest BCUT2D eigenvalue weighted by Gasteiger charge is -2.09. The van der Waals surface area contributed by atoms with Crippen molar-refractivity contribution in [2.45, 2.75) is 27.2 Å². The Bertz CT molecular complexity index is 706. The van der Waals surface area contributed by atoms with Crippen LogP contribution in [0.2, 0.25) is 0 Å². The summed E-state index contributed by atoms with van der Waals surface area (Å²) < 4.78 is 5.11. The van der Waals surface area contributed by atoms with Gasteiger partial charge in [-0.2, -0.15) is 0 Å². The fourth-order valence-electron chi connectivity index (χ4n) is 2.01. The summed E-state index contributed by atoms with van der Waals surface area (Å²) in [6.07, 6.45) is -0.0596. The average molecular weight is 300 g/mol. The number of hydrogen-bond acceptors (Lipinski definition) is 4. The summed E-state index contributed by atoms with van der Waals surface area (Å²) in [7, 11) is 0. The Hall–Kier alpha value is -2.43. The number of ether oxygens (including phenoxy) is 1. The van der Waals surface area contributed by atoms with E-state index in [2.05, 4.69) is 9.97 Å². The van der Waals surface area contributed by atoms with E-state index in [0.29, 0.717) is 23.7 Å². The second-order valence-electron chi connectivity index (χ2n) is 5.60. The molecular weight excluding hydrogens is 280 g/mol. The van der Waals surface area contributed by atoms with E-state index in [1.165, 1.54) is 0 Å². The lowest BCUT2D eigenvalue weighted by atomic mass is 10.1. The molecule has 1 aromatic heterocycles. The lowest BCUT2D eigenvalue weighted by molar-refractivity contribution is -0.143. The number of aryl methyl sites for hydroxylation is 1. The van der Waals surface area contributed by atoms with Crippen LogP contribution in [0.25, 0.3) is 11.4 Å². The Labute approximate surface area is 129 Å². The zero-order valence-corrected chi connectivity index (χ0v) is 13.1. The Kier molecular flexibility index (Phi) is 5.09. The molecule has 0 unspecified atom stereocenters. The van der Waals surface area contributed by atoms with Gasteiger partial charge in [-0.25, -0.2) is 4.98 Å². The van der Waals surface area contributed by atoms with E-state index in [1.54, 1.807) is 6.92 Å². The molecule has 1 heterocycles. The maximum atomic E-state index is 12.2. The van der Waals surface area contributed by atoms with Crippen LogP contribution < -0.4 is 5.56 Å². The number of H-pyrrole nitrogens is 1. The van der Waals surface area contributed by atoms with Gasteiger partial charge in [0.1, 0.15) is 5.82 Å². The number of nitrogens with zero attached hydrogens (tertiary/aromatic N) is 1. The third-order valence-corrected chi connectivity index (χ3v) is 3.17. The number of esters is 1. The van der Waals surface area contributed by atoms with Gasteiger partial charge in [0.15, 0.2) is 0 Å². The van der Waals surface area contributed by atoms with Crippen LogP contribution in [0.15, 0.2) is 35.1 Å². The highest BCUT2D eigenvalue weighted by Gasteiger charge is 2.14. The van der Waals surface area contributed by atoms with E-state index in [-0.39, 0.29) is 17.9 Å². The third kappa shape index (κ3) is 4.04. The molecule has 0 radical (unpaired) electrons. The highest BCUT2D eigenvalue weighted by atomic mass is 16.5. The van der Waals surface area contributed by atoms with Crippen molar-refractivity contribution in [2.24, 2.45) is 5.92 Å². The monoisotopic (exact) mass is 300 g/mol. The van der Waals surface area contributed by atoms with Crippen molar-refractivity contribution in [2.75, 3.05) is 6.61 Å². The van der Waals surface area contributed by atoms with E-state index in [1.807, 2.05) is 44.2 Å². The highest BCUT2D eigenvalue weighted by molar-refractivity contribution is 5.72. The van der Waals surface area contributed by atoms with E-state index in [4.69, 9.17) is 4.74 Å². The zero-order valence-electron chi connectivity index (χ0n) is 13.1.